The zero-order valence-electron chi connectivity index (χ0n) is 12.8. The molecule has 0 atom stereocenters. The molecule has 7 nitrogen and oxygen atoms in total. The highest BCUT2D eigenvalue weighted by Crippen LogP contribution is 2.31. The molecule has 126 valence electrons. The van der Waals surface area contributed by atoms with Gasteiger partial charge < -0.3 is 0 Å². The van der Waals surface area contributed by atoms with Gasteiger partial charge in [-0.05, 0) is 31.1 Å². The van der Waals surface area contributed by atoms with Crippen molar-refractivity contribution in [3.63, 3.8) is 0 Å². The van der Waals surface area contributed by atoms with E-state index in [-0.39, 0.29) is 5.69 Å². The van der Waals surface area contributed by atoms with Crippen LogP contribution in [0.5, 0.6) is 0 Å². The molecule has 2 aromatic rings. The Morgan fingerprint density at radius 3 is 2.88 bits per heavy atom. The molecule has 0 unspecified atom stereocenters. The van der Waals surface area contributed by atoms with Crippen LogP contribution in [0.1, 0.15) is 49.4 Å². The molecule has 3 rings (SSSR count). The van der Waals surface area contributed by atoms with E-state index in [1.54, 1.807) is 4.68 Å². The number of nitro benzene ring substituents is 1. The normalized spacial score (nSPS) is 15.9. The minimum atomic E-state index is -0.468. The molecule has 1 aliphatic carbocycles. The zero-order chi connectivity index (χ0) is 17.1. The lowest BCUT2D eigenvalue weighted by molar-refractivity contribution is -0.384. The fraction of sp³-hybridized carbons (Fsp3) is 0.400. The number of rotatable bonds is 4. The maximum absolute atomic E-state index is 10.9. The van der Waals surface area contributed by atoms with Crippen molar-refractivity contribution in [1.29, 1.82) is 0 Å². The van der Waals surface area contributed by atoms with Gasteiger partial charge >= 0.3 is 0 Å². The fourth-order valence-electron chi connectivity index (χ4n) is 2.90. The lowest BCUT2D eigenvalue weighted by atomic mass is 9.89. The van der Waals surface area contributed by atoms with Crippen LogP contribution in [0.3, 0.4) is 0 Å². The Morgan fingerprint density at radius 2 is 2.17 bits per heavy atom. The highest BCUT2D eigenvalue weighted by molar-refractivity contribution is 7.71. The van der Waals surface area contributed by atoms with E-state index in [1.807, 2.05) is 0 Å². The van der Waals surface area contributed by atoms with Gasteiger partial charge in [-0.3, -0.25) is 15.2 Å². The van der Waals surface area contributed by atoms with Gasteiger partial charge in [-0.2, -0.15) is 14.9 Å². The van der Waals surface area contributed by atoms with Crippen LogP contribution in [0.4, 0.5) is 5.69 Å². The maximum atomic E-state index is 10.9. The van der Waals surface area contributed by atoms with Gasteiger partial charge in [0.2, 0.25) is 4.77 Å². The SMILES string of the molecule is O=[N+]([O-])c1ccc(Cl)c(/C=N/n2c(C3CCCCC3)n[nH]c2=S)c1. The average molecular weight is 366 g/mol. The van der Waals surface area contributed by atoms with E-state index in [4.69, 9.17) is 23.8 Å². The van der Waals surface area contributed by atoms with Crippen molar-refractivity contribution in [2.75, 3.05) is 0 Å². The molecule has 9 heteroatoms. The number of nitrogens with one attached hydrogen (secondary N) is 1. The van der Waals surface area contributed by atoms with Crippen LogP contribution >= 0.6 is 23.8 Å². The summed E-state index contributed by atoms with van der Waals surface area (Å²) in [5.74, 6) is 1.13. The molecular weight excluding hydrogens is 350 g/mol. The van der Waals surface area contributed by atoms with E-state index >= 15 is 0 Å². The summed E-state index contributed by atoms with van der Waals surface area (Å²) in [6, 6.07) is 4.23. The number of halogens is 1. The molecule has 0 bridgehead atoms. The Hall–Kier alpha value is -2.06. The monoisotopic (exact) mass is 365 g/mol. The number of nitro groups is 1. The van der Waals surface area contributed by atoms with Gasteiger partial charge in [-0.1, -0.05) is 30.9 Å². The molecule has 0 radical (unpaired) electrons. The van der Waals surface area contributed by atoms with Gasteiger partial charge in [-0.25, -0.2) is 0 Å². The Kier molecular flexibility index (Phi) is 5.06. The predicted octanol–water partition coefficient (Wildman–Crippen LogP) is 4.43. The van der Waals surface area contributed by atoms with Crippen molar-refractivity contribution in [2.24, 2.45) is 5.10 Å². The quantitative estimate of drug-likeness (QED) is 0.375. The highest BCUT2D eigenvalue weighted by atomic mass is 35.5. The summed E-state index contributed by atoms with van der Waals surface area (Å²) in [4.78, 5) is 10.4. The topological polar surface area (TPSA) is 89.1 Å². The zero-order valence-corrected chi connectivity index (χ0v) is 14.4. The number of hydrogen-bond donors (Lipinski definition) is 1. The summed E-state index contributed by atoms with van der Waals surface area (Å²) in [5.41, 5.74) is 0.424. The van der Waals surface area contributed by atoms with E-state index in [1.165, 1.54) is 43.7 Å². The van der Waals surface area contributed by atoms with E-state index in [0.29, 0.717) is 21.3 Å². The second-order valence-electron chi connectivity index (χ2n) is 5.74. The Labute approximate surface area is 148 Å². The molecule has 1 aliphatic rings. The van der Waals surface area contributed by atoms with Gasteiger partial charge in [-0.15, -0.1) is 0 Å². The van der Waals surface area contributed by atoms with Crippen LogP contribution in [-0.2, 0) is 0 Å². The van der Waals surface area contributed by atoms with Crippen LogP contribution < -0.4 is 0 Å². The van der Waals surface area contributed by atoms with E-state index in [0.717, 1.165) is 18.7 Å². The molecule has 0 aliphatic heterocycles. The van der Waals surface area contributed by atoms with Crippen molar-refractivity contribution in [3.8, 4) is 0 Å². The fourth-order valence-corrected chi connectivity index (χ4v) is 3.26. The molecule has 1 aromatic carbocycles. The first-order valence-electron chi connectivity index (χ1n) is 7.72. The Balaban J connectivity index is 1.92. The van der Waals surface area contributed by atoms with Crippen molar-refractivity contribution >= 4 is 35.7 Å². The summed E-state index contributed by atoms with van der Waals surface area (Å²) in [6.07, 6.45) is 7.19. The molecule has 0 amide bonds. The first-order valence-corrected chi connectivity index (χ1v) is 8.50. The van der Waals surface area contributed by atoms with E-state index < -0.39 is 4.92 Å². The lowest BCUT2D eigenvalue weighted by Crippen LogP contribution is -2.10. The van der Waals surface area contributed by atoms with E-state index in [9.17, 15) is 10.1 Å². The molecule has 1 heterocycles. The number of aromatic nitrogens is 3. The Morgan fingerprint density at radius 1 is 1.42 bits per heavy atom. The minimum absolute atomic E-state index is 0.0378. The first kappa shape index (κ1) is 16.8. The number of benzene rings is 1. The molecule has 1 saturated carbocycles. The summed E-state index contributed by atoms with van der Waals surface area (Å²) < 4.78 is 1.98. The summed E-state index contributed by atoms with van der Waals surface area (Å²) in [7, 11) is 0. The number of hydrogen-bond acceptors (Lipinski definition) is 5. The molecule has 0 saturated heterocycles. The van der Waals surface area contributed by atoms with Gasteiger partial charge in [0.25, 0.3) is 5.69 Å². The van der Waals surface area contributed by atoms with Gasteiger partial charge in [0, 0.05) is 28.6 Å². The van der Waals surface area contributed by atoms with Gasteiger partial charge in [0.05, 0.1) is 11.1 Å². The molecule has 0 spiro atoms. The van der Waals surface area contributed by atoms with Crippen LogP contribution in [-0.4, -0.2) is 26.0 Å². The second-order valence-corrected chi connectivity index (χ2v) is 6.54. The average Bonchev–Trinajstić information content (AvgIpc) is 2.95. The maximum Gasteiger partial charge on any atom is 0.270 e. The molecule has 1 N–H and O–H groups in total. The van der Waals surface area contributed by atoms with Crippen molar-refractivity contribution < 1.29 is 4.92 Å². The van der Waals surface area contributed by atoms with Crippen LogP contribution in [0.25, 0.3) is 0 Å². The number of H-pyrrole nitrogens is 1. The number of non-ortho nitro benzene ring substituents is 1. The number of aromatic amines is 1. The summed E-state index contributed by atoms with van der Waals surface area (Å²) >= 11 is 11.3. The highest BCUT2D eigenvalue weighted by Gasteiger charge is 2.21. The van der Waals surface area contributed by atoms with Crippen molar-refractivity contribution in [3.05, 3.63) is 49.5 Å². The smallest absolute Gasteiger partial charge is 0.258 e. The second kappa shape index (κ2) is 7.23. The van der Waals surface area contributed by atoms with Crippen molar-refractivity contribution in [1.82, 2.24) is 14.9 Å². The first-order chi connectivity index (χ1) is 11.6. The van der Waals surface area contributed by atoms with Gasteiger partial charge in [0.1, 0.15) is 0 Å². The van der Waals surface area contributed by atoms with Crippen LogP contribution in [0, 0.1) is 14.9 Å². The van der Waals surface area contributed by atoms with Gasteiger partial charge in [0.15, 0.2) is 5.82 Å². The minimum Gasteiger partial charge on any atom is -0.258 e. The third-order valence-electron chi connectivity index (χ3n) is 4.15. The lowest BCUT2D eigenvalue weighted by Gasteiger charge is -2.19. The standard InChI is InChI=1S/C15H16ClN5O2S/c16-13-7-6-12(21(22)23)8-11(13)9-17-20-14(18-19-15(20)24)10-4-2-1-3-5-10/h6-10H,1-5H2,(H,19,24)/b17-9+. The molecule has 1 fully saturated rings. The molecule has 1 aromatic heterocycles. The third kappa shape index (κ3) is 3.54. The molecular formula is C15H16ClN5O2S. The molecule has 24 heavy (non-hydrogen) atoms. The predicted molar refractivity (Wildman–Crippen MR) is 94.3 cm³/mol. The largest absolute Gasteiger partial charge is 0.270 e. The van der Waals surface area contributed by atoms with Crippen LogP contribution in [0.2, 0.25) is 5.02 Å². The number of nitrogens with zero attached hydrogens (tertiary/aromatic N) is 4. The van der Waals surface area contributed by atoms with Crippen molar-refractivity contribution in [2.45, 2.75) is 38.0 Å². The Bertz CT molecular complexity index is 839. The third-order valence-corrected chi connectivity index (χ3v) is 4.76. The van der Waals surface area contributed by atoms with E-state index in [2.05, 4.69) is 15.3 Å². The van der Waals surface area contributed by atoms with Crippen LogP contribution in [0.15, 0.2) is 23.3 Å². The summed E-state index contributed by atoms with van der Waals surface area (Å²) in [5, 5.41) is 22.7. The summed E-state index contributed by atoms with van der Waals surface area (Å²) in [6.45, 7) is 0.